The zero-order valence-corrected chi connectivity index (χ0v) is 10.6. The number of benzene rings is 1. The van der Waals surface area contributed by atoms with E-state index in [9.17, 15) is 14.9 Å². The largest absolute Gasteiger partial charge is 0.323 e. The van der Waals surface area contributed by atoms with Crippen LogP contribution in [-0.2, 0) is 0 Å². The Bertz CT molecular complexity index is 536. The first-order valence-electron chi connectivity index (χ1n) is 6.05. The van der Waals surface area contributed by atoms with Crippen LogP contribution in [0.15, 0.2) is 36.0 Å². The van der Waals surface area contributed by atoms with E-state index in [4.69, 9.17) is 0 Å². The molecular formula is C13H15N3O3. The highest BCUT2D eigenvalue weighted by Crippen LogP contribution is 2.35. The molecule has 0 aromatic heterocycles. The number of nitrogens with one attached hydrogen (secondary N) is 2. The Hall–Kier alpha value is -2.37. The predicted octanol–water partition coefficient (Wildman–Crippen LogP) is 3.03. The summed E-state index contributed by atoms with van der Waals surface area (Å²) in [5.74, 6) is 0.595. The maximum atomic E-state index is 11.6. The van der Waals surface area contributed by atoms with Crippen molar-refractivity contribution in [1.29, 1.82) is 0 Å². The fourth-order valence-electron chi connectivity index (χ4n) is 1.70. The summed E-state index contributed by atoms with van der Waals surface area (Å²) in [7, 11) is 0. The Morgan fingerprint density at radius 3 is 2.84 bits per heavy atom. The molecule has 0 saturated heterocycles. The smallest absolute Gasteiger partial charge is 0.314 e. The molecular weight excluding hydrogens is 246 g/mol. The molecule has 0 unspecified atom stereocenters. The fraction of sp³-hybridized carbons (Fsp3) is 0.308. The van der Waals surface area contributed by atoms with Gasteiger partial charge < -0.3 is 10.6 Å². The third-order valence-electron chi connectivity index (χ3n) is 2.97. The second kappa shape index (κ2) is 5.51. The van der Waals surface area contributed by atoms with Crippen molar-refractivity contribution in [2.45, 2.75) is 19.8 Å². The normalized spacial score (nSPS) is 14.9. The van der Waals surface area contributed by atoms with Crippen molar-refractivity contribution < 1.29 is 9.72 Å². The van der Waals surface area contributed by atoms with Crippen LogP contribution >= 0.6 is 0 Å². The molecule has 1 aromatic rings. The average molecular weight is 261 g/mol. The van der Waals surface area contributed by atoms with E-state index in [0.29, 0.717) is 11.6 Å². The van der Waals surface area contributed by atoms with E-state index in [-0.39, 0.29) is 5.69 Å². The van der Waals surface area contributed by atoms with Crippen LogP contribution < -0.4 is 10.6 Å². The van der Waals surface area contributed by atoms with Crippen LogP contribution in [0.1, 0.15) is 19.8 Å². The lowest BCUT2D eigenvalue weighted by atomic mass is 10.2. The summed E-state index contributed by atoms with van der Waals surface area (Å²) in [5, 5.41) is 15.8. The topological polar surface area (TPSA) is 84.3 Å². The monoisotopic (exact) mass is 261 g/mol. The van der Waals surface area contributed by atoms with Gasteiger partial charge in [0.05, 0.1) is 4.92 Å². The number of carbonyl (C=O) groups excluding carboxylic acids is 1. The number of anilines is 1. The van der Waals surface area contributed by atoms with Crippen molar-refractivity contribution in [3.63, 3.8) is 0 Å². The summed E-state index contributed by atoms with van der Waals surface area (Å²) in [6, 6.07) is 5.42. The lowest BCUT2D eigenvalue weighted by Crippen LogP contribution is -2.24. The zero-order valence-electron chi connectivity index (χ0n) is 10.6. The maximum absolute atomic E-state index is 11.6. The molecule has 2 N–H and O–H groups in total. The van der Waals surface area contributed by atoms with Crippen LogP contribution in [0.4, 0.5) is 16.2 Å². The van der Waals surface area contributed by atoms with E-state index >= 15 is 0 Å². The molecule has 0 bridgehead atoms. The molecule has 1 aromatic carbocycles. The molecule has 1 fully saturated rings. The van der Waals surface area contributed by atoms with Gasteiger partial charge in [0.2, 0.25) is 0 Å². The highest BCUT2D eigenvalue weighted by atomic mass is 16.6. The first kappa shape index (κ1) is 13.1. The van der Waals surface area contributed by atoms with Gasteiger partial charge >= 0.3 is 6.03 Å². The van der Waals surface area contributed by atoms with Crippen LogP contribution in [-0.4, -0.2) is 11.0 Å². The summed E-state index contributed by atoms with van der Waals surface area (Å²) in [6.45, 7) is 1.98. The maximum Gasteiger partial charge on any atom is 0.323 e. The molecule has 1 aliphatic rings. The number of hydrogen-bond acceptors (Lipinski definition) is 3. The van der Waals surface area contributed by atoms with Crippen LogP contribution in [0.25, 0.3) is 0 Å². The molecule has 1 aliphatic carbocycles. The average Bonchev–Trinajstić information content (AvgIpc) is 3.20. The van der Waals surface area contributed by atoms with Gasteiger partial charge in [-0.25, -0.2) is 4.79 Å². The summed E-state index contributed by atoms with van der Waals surface area (Å²) < 4.78 is 0. The molecule has 0 heterocycles. The Morgan fingerprint density at radius 2 is 2.21 bits per heavy atom. The Kier molecular flexibility index (Phi) is 3.79. The molecule has 0 radical (unpaired) electrons. The molecule has 2 rings (SSSR count). The number of hydrogen-bond donors (Lipinski definition) is 2. The Balaban J connectivity index is 1.92. The highest BCUT2D eigenvalue weighted by Gasteiger charge is 2.22. The SMILES string of the molecule is C/C(=C\NC(=O)Nc1cccc([N+](=O)[O-])c1)C1CC1. The van der Waals surface area contributed by atoms with Gasteiger partial charge in [0.15, 0.2) is 0 Å². The zero-order chi connectivity index (χ0) is 13.8. The molecule has 0 aliphatic heterocycles. The minimum Gasteiger partial charge on any atom is -0.314 e. The van der Waals surface area contributed by atoms with E-state index in [1.54, 1.807) is 12.3 Å². The molecule has 6 nitrogen and oxygen atoms in total. The van der Waals surface area contributed by atoms with Crippen molar-refractivity contribution in [3.8, 4) is 0 Å². The van der Waals surface area contributed by atoms with Crippen molar-refractivity contribution in [1.82, 2.24) is 5.32 Å². The number of nitro groups is 1. The quantitative estimate of drug-likeness (QED) is 0.645. The van der Waals surface area contributed by atoms with Crippen molar-refractivity contribution >= 4 is 17.4 Å². The molecule has 2 amide bonds. The molecule has 0 atom stereocenters. The minimum atomic E-state index is -0.500. The number of carbonyl (C=O) groups is 1. The third-order valence-corrected chi connectivity index (χ3v) is 2.97. The molecule has 6 heteroatoms. The molecule has 1 saturated carbocycles. The van der Waals surface area contributed by atoms with Crippen LogP contribution in [0.5, 0.6) is 0 Å². The number of urea groups is 1. The minimum absolute atomic E-state index is 0.0532. The van der Waals surface area contributed by atoms with Gasteiger partial charge in [0.1, 0.15) is 0 Å². The van der Waals surface area contributed by atoms with Crippen molar-refractivity contribution in [3.05, 3.63) is 46.2 Å². The van der Waals surface area contributed by atoms with E-state index in [1.165, 1.54) is 31.0 Å². The highest BCUT2D eigenvalue weighted by molar-refractivity contribution is 5.90. The van der Waals surface area contributed by atoms with Crippen LogP contribution in [0.2, 0.25) is 0 Å². The predicted molar refractivity (Wildman–Crippen MR) is 71.7 cm³/mol. The number of nitro benzene ring substituents is 1. The van der Waals surface area contributed by atoms with E-state index in [2.05, 4.69) is 10.6 Å². The van der Waals surface area contributed by atoms with Gasteiger partial charge in [-0.3, -0.25) is 10.1 Å². The van der Waals surface area contributed by atoms with E-state index in [1.807, 2.05) is 6.92 Å². The van der Waals surface area contributed by atoms with Gasteiger partial charge in [-0.15, -0.1) is 0 Å². The Labute approximate surface area is 110 Å². The first-order chi connectivity index (χ1) is 9.06. The number of allylic oxidation sites excluding steroid dienone is 1. The van der Waals surface area contributed by atoms with Crippen molar-refractivity contribution in [2.75, 3.05) is 5.32 Å². The number of nitrogens with zero attached hydrogens (tertiary/aromatic N) is 1. The number of non-ortho nitro benzene ring substituents is 1. The van der Waals surface area contributed by atoms with Gasteiger partial charge in [-0.1, -0.05) is 11.6 Å². The second-order valence-corrected chi connectivity index (χ2v) is 4.57. The number of amides is 2. The van der Waals surface area contributed by atoms with E-state index in [0.717, 1.165) is 5.57 Å². The van der Waals surface area contributed by atoms with Gasteiger partial charge in [-0.2, -0.15) is 0 Å². The van der Waals surface area contributed by atoms with E-state index < -0.39 is 11.0 Å². The van der Waals surface area contributed by atoms with Gasteiger partial charge in [-0.05, 0) is 31.7 Å². The summed E-state index contributed by atoms with van der Waals surface area (Å²) >= 11 is 0. The van der Waals surface area contributed by atoms with Gasteiger partial charge in [0.25, 0.3) is 5.69 Å². The number of rotatable bonds is 4. The summed E-state index contributed by atoms with van der Waals surface area (Å²) in [5.41, 5.74) is 1.49. The summed E-state index contributed by atoms with van der Waals surface area (Å²) in [4.78, 5) is 21.7. The molecule has 100 valence electrons. The standard InChI is InChI=1S/C13H15N3O3/c1-9(10-5-6-10)8-14-13(17)15-11-3-2-4-12(7-11)16(18)19/h2-4,7-8,10H,5-6H2,1H3,(H2,14,15,17)/b9-8+. The lowest BCUT2D eigenvalue weighted by molar-refractivity contribution is -0.384. The Morgan fingerprint density at radius 1 is 1.47 bits per heavy atom. The summed E-state index contributed by atoms with van der Waals surface area (Å²) in [6.07, 6.45) is 4.04. The lowest BCUT2D eigenvalue weighted by Gasteiger charge is -2.05. The third kappa shape index (κ3) is 3.80. The van der Waals surface area contributed by atoms with Crippen LogP contribution in [0.3, 0.4) is 0 Å². The second-order valence-electron chi connectivity index (χ2n) is 4.57. The van der Waals surface area contributed by atoms with Crippen LogP contribution in [0, 0.1) is 16.0 Å². The molecule has 19 heavy (non-hydrogen) atoms. The fourth-order valence-corrected chi connectivity index (χ4v) is 1.70. The van der Waals surface area contributed by atoms with Crippen molar-refractivity contribution in [2.24, 2.45) is 5.92 Å². The molecule has 0 spiro atoms. The first-order valence-corrected chi connectivity index (χ1v) is 6.05. The van der Waals surface area contributed by atoms with Gasteiger partial charge in [0, 0.05) is 24.0 Å².